The van der Waals surface area contributed by atoms with Gasteiger partial charge >= 0.3 is 0 Å². The largest absolute Gasteiger partial charge is 0.273 e. The zero-order chi connectivity index (χ0) is 15.2. The van der Waals surface area contributed by atoms with Gasteiger partial charge in [-0.05, 0) is 52.2 Å². The zero-order valence-electron chi connectivity index (χ0n) is 11.4. The molecule has 21 heavy (non-hydrogen) atoms. The first-order valence-corrected chi connectivity index (χ1v) is 8.84. The normalized spacial score (nSPS) is 11.5. The molecule has 1 aromatic heterocycles. The monoisotopic (exact) mass is 428 g/mol. The molecule has 2 aromatic rings. The minimum atomic E-state index is -0.112. The molecule has 0 aliphatic carbocycles. The van der Waals surface area contributed by atoms with Crippen LogP contribution in [0.15, 0.2) is 49.8 Å². The molecule has 6 heteroatoms. The van der Waals surface area contributed by atoms with Crippen LogP contribution in [0.1, 0.15) is 23.8 Å². The molecule has 2 rings (SSSR count). The molecule has 1 aromatic carbocycles. The van der Waals surface area contributed by atoms with Gasteiger partial charge in [-0.1, -0.05) is 35.0 Å². The Bertz CT molecular complexity index is 650. The summed E-state index contributed by atoms with van der Waals surface area (Å²) in [6.45, 7) is 2.02. The van der Waals surface area contributed by atoms with Gasteiger partial charge in [0.15, 0.2) is 0 Å². The van der Waals surface area contributed by atoms with Crippen molar-refractivity contribution in [3.05, 3.63) is 55.1 Å². The molecule has 1 N–H and O–H groups in total. The van der Waals surface area contributed by atoms with Crippen molar-refractivity contribution in [3.63, 3.8) is 0 Å². The molecular weight excluding hydrogens is 416 g/mol. The topological polar surface area (TPSA) is 41.5 Å². The molecule has 0 aliphatic rings. The fraction of sp³-hybridized carbons (Fsp3) is 0.200. The lowest BCUT2D eigenvalue weighted by atomic mass is 10.1. The number of benzene rings is 1. The predicted octanol–water partition coefficient (Wildman–Crippen LogP) is 4.75. The molecule has 1 heterocycles. The minimum absolute atomic E-state index is 0.112. The second kappa shape index (κ2) is 7.87. The third-order valence-corrected chi connectivity index (χ3v) is 4.99. The molecule has 0 saturated heterocycles. The van der Waals surface area contributed by atoms with Crippen molar-refractivity contribution < 1.29 is 4.79 Å². The zero-order valence-corrected chi connectivity index (χ0v) is 15.4. The number of nitrogens with zero attached hydrogens (tertiary/aromatic N) is 1. The van der Waals surface area contributed by atoms with Crippen LogP contribution < -0.4 is 5.43 Å². The standard InChI is InChI=1S/C15H14Br2N2OS/c1-2-12(13-7-8-14(17)21-13)18-19-15(20)9-10-3-5-11(16)6-4-10/h3-8H,2,9H2,1H3,(H,19,20)/b18-12+. The van der Waals surface area contributed by atoms with E-state index in [-0.39, 0.29) is 5.91 Å². The summed E-state index contributed by atoms with van der Waals surface area (Å²) >= 11 is 8.41. The number of nitrogens with one attached hydrogen (secondary N) is 1. The summed E-state index contributed by atoms with van der Waals surface area (Å²) in [4.78, 5) is 13.0. The van der Waals surface area contributed by atoms with Crippen LogP contribution >= 0.6 is 43.2 Å². The number of halogens is 2. The summed E-state index contributed by atoms with van der Waals surface area (Å²) in [5.41, 5.74) is 4.48. The molecule has 0 fully saturated rings. The number of rotatable bonds is 5. The SMILES string of the molecule is CC/C(=N\NC(=O)Cc1ccc(Br)cc1)c1ccc(Br)s1. The van der Waals surface area contributed by atoms with Gasteiger partial charge in [-0.15, -0.1) is 11.3 Å². The van der Waals surface area contributed by atoms with Crippen LogP contribution in [0.3, 0.4) is 0 Å². The molecule has 3 nitrogen and oxygen atoms in total. The lowest BCUT2D eigenvalue weighted by molar-refractivity contribution is -0.120. The van der Waals surface area contributed by atoms with E-state index in [9.17, 15) is 4.79 Å². The van der Waals surface area contributed by atoms with E-state index >= 15 is 0 Å². The number of carbonyl (C=O) groups excluding carboxylic acids is 1. The van der Waals surface area contributed by atoms with E-state index in [1.807, 2.05) is 43.3 Å². The summed E-state index contributed by atoms with van der Waals surface area (Å²) < 4.78 is 2.06. The molecule has 1 amide bonds. The van der Waals surface area contributed by atoms with E-state index in [1.54, 1.807) is 11.3 Å². The lowest BCUT2D eigenvalue weighted by Crippen LogP contribution is -2.21. The first-order valence-electron chi connectivity index (χ1n) is 6.44. The van der Waals surface area contributed by atoms with Crippen LogP contribution in [0, 0.1) is 0 Å². The second-order valence-electron chi connectivity index (χ2n) is 4.35. The first kappa shape index (κ1) is 16.4. The Hall–Kier alpha value is -0.980. The highest BCUT2D eigenvalue weighted by atomic mass is 79.9. The molecular formula is C15H14Br2N2OS. The molecule has 0 unspecified atom stereocenters. The highest BCUT2D eigenvalue weighted by Gasteiger charge is 2.07. The fourth-order valence-electron chi connectivity index (χ4n) is 1.73. The smallest absolute Gasteiger partial charge is 0.244 e. The van der Waals surface area contributed by atoms with Crippen molar-refractivity contribution in [3.8, 4) is 0 Å². The van der Waals surface area contributed by atoms with E-state index in [2.05, 4.69) is 42.4 Å². The van der Waals surface area contributed by atoms with Crippen molar-refractivity contribution in [1.29, 1.82) is 0 Å². The third kappa shape index (κ3) is 5.05. The van der Waals surface area contributed by atoms with Crippen LogP contribution in [0.4, 0.5) is 0 Å². The quantitative estimate of drug-likeness (QED) is 0.540. The van der Waals surface area contributed by atoms with Crippen LogP contribution in [-0.2, 0) is 11.2 Å². The van der Waals surface area contributed by atoms with Crippen molar-refractivity contribution >= 4 is 54.8 Å². The van der Waals surface area contributed by atoms with Crippen LogP contribution in [0.25, 0.3) is 0 Å². The first-order chi connectivity index (χ1) is 10.1. The van der Waals surface area contributed by atoms with E-state index in [1.165, 1.54) is 0 Å². The number of amides is 1. The average Bonchev–Trinajstić information content (AvgIpc) is 2.89. The van der Waals surface area contributed by atoms with E-state index in [0.717, 1.165) is 30.8 Å². The Kier molecular flexibility index (Phi) is 6.14. The summed E-state index contributed by atoms with van der Waals surface area (Å²) in [6.07, 6.45) is 1.09. The van der Waals surface area contributed by atoms with Gasteiger partial charge in [0.2, 0.25) is 5.91 Å². The van der Waals surface area contributed by atoms with Gasteiger partial charge in [0.1, 0.15) is 0 Å². The van der Waals surface area contributed by atoms with Gasteiger partial charge in [-0.25, -0.2) is 5.43 Å². The number of hydrazone groups is 1. The molecule has 0 aliphatic heterocycles. The Morgan fingerprint density at radius 2 is 1.90 bits per heavy atom. The Morgan fingerprint density at radius 3 is 2.48 bits per heavy atom. The molecule has 0 atom stereocenters. The summed E-state index contributed by atoms with van der Waals surface area (Å²) in [6, 6.07) is 11.7. The van der Waals surface area contributed by atoms with E-state index in [4.69, 9.17) is 0 Å². The van der Waals surface area contributed by atoms with Crippen molar-refractivity contribution in [1.82, 2.24) is 5.43 Å². The minimum Gasteiger partial charge on any atom is -0.273 e. The van der Waals surface area contributed by atoms with E-state index in [0.29, 0.717) is 6.42 Å². The average molecular weight is 430 g/mol. The third-order valence-electron chi connectivity index (χ3n) is 2.79. The maximum Gasteiger partial charge on any atom is 0.244 e. The lowest BCUT2D eigenvalue weighted by Gasteiger charge is -2.03. The molecule has 0 radical (unpaired) electrons. The summed E-state index contributed by atoms with van der Waals surface area (Å²) in [7, 11) is 0. The van der Waals surface area contributed by atoms with Gasteiger partial charge < -0.3 is 0 Å². The maximum atomic E-state index is 11.9. The number of hydrogen-bond acceptors (Lipinski definition) is 3. The highest BCUT2D eigenvalue weighted by Crippen LogP contribution is 2.23. The van der Waals surface area contributed by atoms with Gasteiger partial charge in [0, 0.05) is 4.47 Å². The number of hydrogen-bond donors (Lipinski definition) is 1. The van der Waals surface area contributed by atoms with Gasteiger partial charge in [0.25, 0.3) is 0 Å². The van der Waals surface area contributed by atoms with Crippen LogP contribution in [0.2, 0.25) is 0 Å². The highest BCUT2D eigenvalue weighted by molar-refractivity contribution is 9.11. The van der Waals surface area contributed by atoms with Crippen LogP contribution in [0.5, 0.6) is 0 Å². The van der Waals surface area contributed by atoms with Gasteiger partial charge in [0.05, 0.1) is 20.8 Å². The predicted molar refractivity (Wildman–Crippen MR) is 94.8 cm³/mol. The molecule has 110 valence electrons. The Labute approximate surface area is 144 Å². The van der Waals surface area contributed by atoms with Crippen molar-refractivity contribution in [2.45, 2.75) is 19.8 Å². The van der Waals surface area contributed by atoms with Gasteiger partial charge in [-0.3, -0.25) is 4.79 Å². The van der Waals surface area contributed by atoms with Crippen molar-refractivity contribution in [2.24, 2.45) is 5.10 Å². The Balaban J connectivity index is 1.98. The summed E-state index contributed by atoms with van der Waals surface area (Å²) in [5, 5.41) is 4.24. The van der Waals surface area contributed by atoms with Crippen LogP contribution in [-0.4, -0.2) is 11.6 Å². The second-order valence-corrected chi connectivity index (χ2v) is 7.73. The van der Waals surface area contributed by atoms with Crippen molar-refractivity contribution in [2.75, 3.05) is 0 Å². The van der Waals surface area contributed by atoms with E-state index < -0.39 is 0 Å². The number of thiophene rings is 1. The fourth-order valence-corrected chi connectivity index (χ4v) is 3.44. The molecule has 0 spiro atoms. The maximum absolute atomic E-state index is 11.9. The Morgan fingerprint density at radius 1 is 1.19 bits per heavy atom. The number of carbonyl (C=O) groups is 1. The summed E-state index contributed by atoms with van der Waals surface area (Å²) in [5.74, 6) is -0.112. The molecule has 0 saturated carbocycles. The van der Waals surface area contributed by atoms with Gasteiger partial charge in [-0.2, -0.15) is 5.10 Å². The molecule has 0 bridgehead atoms.